The second-order valence-electron chi connectivity index (χ2n) is 5.51. The zero-order chi connectivity index (χ0) is 15.1. The molecule has 2 rings (SSSR count). The summed E-state index contributed by atoms with van der Waals surface area (Å²) >= 11 is 0. The average molecular weight is 278 g/mol. The van der Waals surface area contributed by atoms with Gasteiger partial charge in [-0.25, -0.2) is 14.0 Å². The Labute approximate surface area is 115 Å². The van der Waals surface area contributed by atoms with Gasteiger partial charge in [0.2, 0.25) is 0 Å². The number of esters is 1. The fourth-order valence-electron chi connectivity index (χ4n) is 1.92. The highest BCUT2D eigenvalue weighted by molar-refractivity contribution is 6.04. The minimum atomic E-state index is -0.695. The number of fused-ring (bicyclic) bond motifs is 1. The van der Waals surface area contributed by atoms with Crippen LogP contribution in [0.5, 0.6) is 0 Å². The van der Waals surface area contributed by atoms with E-state index in [2.05, 4.69) is 0 Å². The molecular weight excluding hydrogens is 263 g/mol. The summed E-state index contributed by atoms with van der Waals surface area (Å²) in [5, 5.41) is 0.353. The van der Waals surface area contributed by atoms with E-state index < -0.39 is 23.0 Å². The lowest BCUT2D eigenvalue weighted by atomic mass is 10.1. The summed E-state index contributed by atoms with van der Waals surface area (Å²) in [4.78, 5) is 23.9. The van der Waals surface area contributed by atoms with Gasteiger partial charge in [-0.05, 0) is 45.9 Å². The first kappa shape index (κ1) is 14.2. The SMILES string of the molecule is Cc1oc(=O)c2ccc(F)cc2c1C(=O)OC(C)(C)C. The van der Waals surface area contributed by atoms with E-state index in [0.717, 1.165) is 12.1 Å². The van der Waals surface area contributed by atoms with E-state index in [1.807, 2.05) is 0 Å². The van der Waals surface area contributed by atoms with E-state index in [0.29, 0.717) is 0 Å². The molecule has 0 amide bonds. The van der Waals surface area contributed by atoms with E-state index in [4.69, 9.17) is 9.15 Å². The minimum absolute atomic E-state index is 0.0778. The van der Waals surface area contributed by atoms with Crippen LogP contribution in [-0.4, -0.2) is 11.6 Å². The van der Waals surface area contributed by atoms with Gasteiger partial charge >= 0.3 is 11.6 Å². The highest BCUT2D eigenvalue weighted by atomic mass is 19.1. The molecule has 20 heavy (non-hydrogen) atoms. The average Bonchev–Trinajstić information content (AvgIpc) is 2.25. The van der Waals surface area contributed by atoms with Crippen LogP contribution in [0.15, 0.2) is 27.4 Å². The first-order valence-electron chi connectivity index (χ1n) is 6.15. The van der Waals surface area contributed by atoms with Gasteiger partial charge in [-0.3, -0.25) is 0 Å². The van der Waals surface area contributed by atoms with Crippen molar-refractivity contribution in [3.63, 3.8) is 0 Å². The molecule has 0 N–H and O–H groups in total. The summed E-state index contributed by atoms with van der Waals surface area (Å²) in [6.07, 6.45) is 0. The van der Waals surface area contributed by atoms with Gasteiger partial charge in [0.05, 0.1) is 5.39 Å². The second-order valence-corrected chi connectivity index (χ2v) is 5.51. The molecule has 0 aliphatic heterocycles. The maximum Gasteiger partial charge on any atom is 0.343 e. The third-order valence-electron chi connectivity index (χ3n) is 2.67. The molecule has 0 fully saturated rings. The molecule has 1 aromatic carbocycles. The maximum absolute atomic E-state index is 13.4. The van der Waals surface area contributed by atoms with Gasteiger partial charge in [0.15, 0.2) is 0 Å². The van der Waals surface area contributed by atoms with Crippen molar-refractivity contribution in [1.82, 2.24) is 0 Å². The molecule has 4 nitrogen and oxygen atoms in total. The lowest BCUT2D eigenvalue weighted by Gasteiger charge is -2.20. The van der Waals surface area contributed by atoms with Crippen molar-refractivity contribution >= 4 is 16.7 Å². The Hall–Kier alpha value is -2.17. The quantitative estimate of drug-likeness (QED) is 0.752. The molecule has 0 aliphatic carbocycles. The third-order valence-corrected chi connectivity index (χ3v) is 2.67. The van der Waals surface area contributed by atoms with E-state index >= 15 is 0 Å². The van der Waals surface area contributed by atoms with E-state index in [9.17, 15) is 14.0 Å². The van der Waals surface area contributed by atoms with Crippen LogP contribution in [0, 0.1) is 12.7 Å². The van der Waals surface area contributed by atoms with Crippen LogP contribution in [0.2, 0.25) is 0 Å². The zero-order valence-electron chi connectivity index (χ0n) is 11.7. The van der Waals surface area contributed by atoms with Crippen molar-refractivity contribution in [3.05, 3.63) is 45.8 Å². The Kier molecular flexibility index (Phi) is 3.38. The highest BCUT2D eigenvalue weighted by Gasteiger charge is 2.24. The van der Waals surface area contributed by atoms with E-state index in [1.165, 1.54) is 13.0 Å². The monoisotopic (exact) mass is 278 g/mol. The number of hydrogen-bond donors (Lipinski definition) is 0. The molecule has 2 aromatic rings. The molecule has 0 radical (unpaired) electrons. The first-order valence-corrected chi connectivity index (χ1v) is 6.15. The van der Waals surface area contributed by atoms with Crippen LogP contribution in [0.3, 0.4) is 0 Å². The summed E-state index contributed by atoms with van der Waals surface area (Å²) in [7, 11) is 0. The maximum atomic E-state index is 13.4. The number of hydrogen-bond acceptors (Lipinski definition) is 4. The van der Waals surface area contributed by atoms with Crippen LogP contribution < -0.4 is 5.63 Å². The number of benzene rings is 1. The summed E-state index contributed by atoms with van der Waals surface area (Å²) in [6.45, 7) is 6.65. The number of aryl methyl sites for hydroxylation is 1. The lowest BCUT2D eigenvalue weighted by Crippen LogP contribution is -2.25. The molecule has 106 valence electrons. The smallest absolute Gasteiger partial charge is 0.343 e. The molecule has 0 atom stereocenters. The molecule has 1 heterocycles. The summed E-state index contributed by atoms with van der Waals surface area (Å²) in [6, 6.07) is 3.58. The molecule has 1 aromatic heterocycles. The topological polar surface area (TPSA) is 56.5 Å². The second kappa shape index (κ2) is 4.74. The number of carbonyl (C=O) groups excluding carboxylic acids is 1. The van der Waals surface area contributed by atoms with Gasteiger partial charge < -0.3 is 9.15 Å². The van der Waals surface area contributed by atoms with Crippen molar-refractivity contribution in [2.75, 3.05) is 0 Å². The minimum Gasteiger partial charge on any atom is -0.456 e. The first-order chi connectivity index (χ1) is 9.19. The molecule has 0 saturated carbocycles. The summed E-state index contributed by atoms with van der Waals surface area (Å²) in [5.74, 6) is -1.07. The van der Waals surface area contributed by atoms with E-state index in [1.54, 1.807) is 20.8 Å². The summed E-state index contributed by atoms with van der Waals surface area (Å²) < 4.78 is 23.7. The van der Waals surface area contributed by atoms with Gasteiger partial charge in [-0.2, -0.15) is 0 Å². The largest absolute Gasteiger partial charge is 0.456 e. The van der Waals surface area contributed by atoms with Crippen LogP contribution >= 0.6 is 0 Å². The van der Waals surface area contributed by atoms with Crippen molar-refractivity contribution in [1.29, 1.82) is 0 Å². The van der Waals surface area contributed by atoms with Crippen LogP contribution in [0.25, 0.3) is 10.8 Å². The third kappa shape index (κ3) is 2.71. The fraction of sp³-hybridized carbons (Fsp3) is 0.333. The Morgan fingerprint density at radius 2 is 1.90 bits per heavy atom. The summed E-state index contributed by atoms with van der Waals surface area (Å²) in [5.41, 5.74) is -1.22. The van der Waals surface area contributed by atoms with Gasteiger partial charge in [0.1, 0.15) is 22.7 Å². The molecule has 0 bridgehead atoms. The Morgan fingerprint density at radius 3 is 2.50 bits per heavy atom. The molecular formula is C15H15FO4. The molecule has 0 aliphatic rings. The zero-order valence-corrected chi connectivity index (χ0v) is 11.7. The number of halogens is 1. The predicted octanol–water partition coefficient (Wildman–Crippen LogP) is 3.20. The van der Waals surface area contributed by atoms with Crippen LogP contribution in [-0.2, 0) is 4.74 Å². The molecule has 5 heteroatoms. The highest BCUT2D eigenvalue weighted by Crippen LogP contribution is 2.23. The van der Waals surface area contributed by atoms with Crippen LogP contribution in [0.4, 0.5) is 4.39 Å². The van der Waals surface area contributed by atoms with Gasteiger partial charge in [0.25, 0.3) is 0 Å². The van der Waals surface area contributed by atoms with Crippen LogP contribution in [0.1, 0.15) is 36.9 Å². The fourth-order valence-corrected chi connectivity index (χ4v) is 1.92. The van der Waals surface area contributed by atoms with Crippen molar-refractivity contribution < 1.29 is 18.3 Å². The normalized spacial score (nSPS) is 11.7. The number of carbonyl (C=O) groups is 1. The molecule has 0 unspecified atom stereocenters. The Morgan fingerprint density at radius 1 is 1.25 bits per heavy atom. The predicted molar refractivity (Wildman–Crippen MR) is 72.3 cm³/mol. The molecule has 0 saturated heterocycles. The number of rotatable bonds is 1. The van der Waals surface area contributed by atoms with Gasteiger partial charge in [-0.1, -0.05) is 0 Å². The van der Waals surface area contributed by atoms with Gasteiger partial charge in [0, 0.05) is 5.39 Å². The lowest BCUT2D eigenvalue weighted by molar-refractivity contribution is 0.00682. The molecule has 0 spiro atoms. The number of ether oxygens (including phenoxy) is 1. The van der Waals surface area contributed by atoms with Crippen molar-refractivity contribution in [2.24, 2.45) is 0 Å². The van der Waals surface area contributed by atoms with Gasteiger partial charge in [-0.15, -0.1) is 0 Å². The standard InChI is InChI=1S/C15H15FO4/c1-8-12(14(18)20-15(2,3)4)11-7-9(16)5-6-10(11)13(17)19-8/h5-7H,1-4H3. The Balaban J connectivity index is 2.72. The van der Waals surface area contributed by atoms with Crippen molar-refractivity contribution in [3.8, 4) is 0 Å². The van der Waals surface area contributed by atoms with Crippen molar-refractivity contribution in [2.45, 2.75) is 33.3 Å². The van der Waals surface area contributed by atoms with E-state index in [-0.39, 0.29) is 22.1 Å². The Bertz CT molecular complexity index is 738.